The number of nitrogens with two attached hydrogens (primary N) is 2. The lowest BCUT2D eigenvalue weighted by Crippen LogP contribution is -2.58. The van der Waals surface area contributed by atoms with E-state index in [1.54, 1.807) is 35.9 Å². The topological polar surface area (TPSA) is 143 Å². The molecule has 1 saturated heterocycles. The van der Waals surface area contributed by atoms with Gasteiger partial charge in [-0.3, -0.25) is 14.7 Å². The molecule has 1 unspecified atom stereocenters. The number of amides is 3. The molecule has 2 heterocycles. The van der Waals surface area contributed by atoms with E-state index < -0.39 is 11.2 Å². The second kappa shape index (κ2) is 11.7. The van der Waals surface area contributed by atoms with Crippen molar-refractivity contribution < 1.29 is 9.59 Å². The Kier molecular flexibility index (Phi) is 8.50. The first-order valence-electron chi connectivity index (χ1n) is 14.0. The van der Waals surface area contributed by atoms with Crippen LogP contribution in [0.3, 0.4) is 0 Å². The highest BCUT2D eigenvalue weighted by atomic mass is 127. The minimum atomic E-state index is -0.945. The molecule has 3 aliphatic rings. The Morgan fingerprint density at radius 2 is 1.82 bits per heavy atom. The van der Waals surface area contributed by atoms with Crippen molar-refractivity contribution in [2.45, 2.75) is 63.6 Å². The fraction of sp³-hybridized carbons (Fsp3) is 0.571. The molecule has 40 heavy (non-hydrogen) atoms. The maximum Gasteiger partial charge on any atom is 0.354 e. The van der Waals surface area contributed by atoms with Crippen LogP contribution in [0, 0.1) is 5.92 Å². The standard InChI is InChI=1S/C28H39IN8O3/c1-28(2,31)25(38)34-9-11-35(12-10-34)26(39)32-24-7-8-36(27(40)33-24)22-5-3-20-16-23(6-4-19(20)15-22)37(29)17-18-13-21(30)14-18/h3,5,7-8,15,18,21,23H,4,6,9-14,16-17,30-31H2,1-2H3,(H,32,33,39,40)/t18-,21-,23?. The van der Waals surface area contributed by atoms with E-state index in [9.17, 15) is 14.4 Å². The van der Waals surface area contributed by atoms with Crippen LogP contribution < -0.4 is 22.5 Å². The number of benzene rings is 1. The second-order valence-corrected chi connectivity index (χ2v) is 13.2. The van der Waals surface area contributed by atoms with Gasteiger partial charge in [-0.05, 0) is 81.2 Å². The molecular weight excluding hydrogens is 623 g/mol. The fourth-order valence-corrected chi connectivity index (χ4v) is 6.85. The molecule has 2 aromatic rings. The molecule has 3 amide bonds. The predicted molar refractivity (Wildman–Crippen MR) is 163 cm³/mol. The van der Waals surface area contributed by atoms with Gasteiger partial charge < -0.3 is 21.3 Å². The van der Waals surface area contributed by atoms with Crippen LogP contribution in [-0.2, 0) is 17.6 Å². The lowest BCUT2D eigenvalue weighted by Gasteiger charge is -2.38. The lowest BCUT2D eigenvalue weighted by molar-refractivity contribution is -0.137. The first kappa shape index (κ1) is 29.0. The Labute approximate surface area is 248 Å². The van der Waals surface area contributed by atoms with Gasteiger partial charge in [0, 0.05) is 73.9 Å². The largest absolute Gasteiger partial charge is 0.354 e. The van der Waals surface area contributed by atoms with Crippen LogP contribution in [0.1, 0.15) is 44.2 Å². The molecule has 0 radical (unpaired) electrons. The number of aryl methyl sites for hydroxylation is 1. The third-order valence-electron chi connectivity index (χ3n) is 8.22. The van der Waals surface area contributed by atoms with E-state index in [1.165, 1.54) is 15.7 Å². The van der Waals surface area contributed by atoms with Crippen molar-refractivity contribution in [1.82, 2.24) is 22.5 Å². The summed E-state index contributed by atoms with van der Waals surface area (Å²) in [6, 6.07) is 8.35. The molecule has 1 saturated carbocycles. The van der Waals surface area contributed by atoms with Gasteiger partial charge in [0.25, 0.3) is 0 Å². The molecule has 0 bridgehead atoms. The van der Waals surface area contributed by atoms with Crippen LogP contribution in [0.15, 0.2) is 35.3 Å². The van der Waals surface area contributed by atoms with Crippen molar-refractivity contribution in [3.63, 3.8) is 0 Å². The van der Waals surface area contributed by atoms with Crippen LogP contribution in [0.5, 0.6) is 0 Å². The van der Waals surface area contributed by atoms with Gasteiger partial charge in [0.2, 0.25) is 5.91 Å². The number of rotatable bonds is 6. The molecule has 0 spiro atoms. The Hall–Kier alpha value is -2.55. The second-order valence-electron chi connectivity index (χ2n) is 11.9. The van der Waals surface area contributed by atoms with Crippen molar-refractivity contribution in [3.8, 4) is 5.69 Å². The first-order chi connectivity index (χ1) is 19.0. The number of hydrogen-bond acceptors (Lipinski definition) is 7. The number of hydrogen-bond donors (Lipinski definition) is 3. The molecule has 5 N–H and O–H groups in total. The number of aromatic nitrogens is 2. The smallest absolute Gasteiger partial charge is 0.338 e. The zero-order chi connectivity index (χ0) is 28.6. The molecule has 1 aromatic heterocycles. The van der Waals surface area contributed by atoms with E-state index in [2.05, 4.69) is 48.4 Å². The number of piperazine rings is 1. The minimum absolute atomic E-state index is 0.138. The van der Waals surface area contributed by atoms with Gasteiger partial charge in [-0.25, -0.2) is 12.7 Å². The van der Waals surface area contributed by atoms with E-state index in [0.717, 1.165) is 44.3 Å². The molecule has 1 atom stereocenters. The van der Waals surface area contributed by atoms with Gasteiger partial charge in [0.15, 0.2) is 0 Å². The fourth-order valence-electron chi connectivity index (χ4n) is 5.82. The van der Waals surface area contributed by atoms with E-state index in [4.69, 9.17) is 11.5 Å². The van der Waals surface area contributed by atoms with Gasteiger partial charge in [-0.2, -0.15) is 4.98 Å². The SMILES string of the molecule is CC(C)(N)C(=O)N1CCN(C(=O)Nc2ccn(-c3ccc4c(c3)CCC(N(I)C[C@H]3C[C@H](N)C3)C4)c(=O)n2)CC1. The van der Waals surface area contributed by atoms with E-state index in [1.807, 2.05) is 6.07 Å². The third-order valence-corrected chi connectivity index (χ3v) is 9.40. The van der Waals surface area contributed by atoms with Crippen LogP contribution >= 0.6 is 22.9 Å². The number of urea groups is 1. The number of fused-ring (bicyclic) bond motifs is 1. The quantitative estimate of drug-likeness (QED) is 0.317. The highest BCUT2D eigenvalue weighted by Crippen LogP contribution is 2.32. The third kappa shape index (κ3) is 6.50. The number of anilines is 1. The molecular formula is C28H39IN8O3. The molecule has 2 aliphatic carbocycles. The molecule has 5 rings (SSSR count). The Morgan fingerprint density at radius 1 is 1.12 bits per heavy atom. The van der Waals surface area contributed by atoms with E-state index >= 15 is 0 Å². The first-order valence-corrected chi connectivity index (χ1v) is 15.0. The van der Waals surface area contributed by atoms with Gasteiger partial charge in [0.05, 0.1) is 11.2 Å². The number of carbonyl (C=O) groups is 2. The molecule has 11 nitrogen and oxygen atoms in total. The molecule has 1 aromatic carbocycles. The summed E-state index contributed by atoms with van der Waals surface area (Å²) in [5.41, 5.74) is 13.8. The van der Waals surface area contributed by atoms with Crippen molar-refractivity contribution in [2.24, 2.45) is 17.4 Å². The normalized spacial score (nSPS) is 23.0. The van der Waals surface area contributed by atoms with Crippen LogP contribution in [0.4, 0.5) is 10.6 Å². The van der Waals surface area contributed by atoms with Crippen LogP contribution in [-0.4, -0.2) is 84.7 Å². The summed E-state index contributed by atoms with van der Waals surface area (Å²) in [5.74, 6) is 0.775. The molecule has 12 heteroatoms. The summed E-state index contributed by atoms with van der Waals surface area (Å²) in [6.45, 7) is 6.02. The van der Waals surface area contributed by atoms with Gasteiger partial charge >= 0.3 is 11.7 Å². The lowest BCUT2D eigenvalue weighted by atomic mass is 9.80. The molecule has 1 aliphatic heterocycles. The van der Waals surface area contributed by atoms with Crippen LogP contribution in [0.2, 0.25) is 0 Å². The van der Waals surface area contributed by atoms with E-state index in [0.29, 0.717) is 44.2 Å². The Morgan fingerprint density at radius 3 is 2.48 bits per heavy atom. The van der Waals surface area contributed by atoms with Gasteiger partial charge in [-0.1, -0.05) is 6.07 Å². The average molecular weight is 663 g/mol. The monoisotopic (exact) mass is 662 g/mol. The summed E-state index contributed by atoms with van der Waals surface area (Å²) in [7, 11) is 0. The van der Waals surface area contributed by atoms with Gasteiger partial charge in [0.1, 0.15) is 5.82 Å². The number of halogens is 1. The molecule has 216 valence electrons. The van der Waals surface area contributed by atoms with Crippen molar-refractivity contribution in [1.29, 1.82) is 0 Å². The maximum absolute atomic E-state index is 12.9. The average Bonchev–Trinajstić information content (AvgIpc) is 2.91. The summed E-state index contributed by atoms with van der Waals surface area (Å²) in [5, 5.41) is 2.72. The number of nitrogens with zero attached hydrogens (tertiary/aromatic N) is 5. The van der Waals surface area contributed by atoms with Crippen molar-refractivity contribution >= 4 is 40.6 Å². The van der Waals surface area contributed by atoms with E-state index in [-0.39, 0.29) is 17.8 Å². The Balaban J connectivity index is 1.17. The summed E-state index contributed by atoms with van der Waals surface area (Å²) in [4.78, 5) is 45.4. The summed E-state index contributed by atoms with van der Waals surface area (Å²) >= 11 is 2.48. The zero-order valence-electron chi connectivity index (χ0n) is 23.2. The Bertz CT molecular complexity index is 1310. The van der Waals surface area contributed by atoms with Gasteiger partial charge in [-0.15, -0.1) is 0 Å². The summed E-state index contributed by atoms with van der Waals surface area (Å²) < 4.78 is 3.97. The molecule has 2 fully saturated rings. The number of carbonyl (C=O) groups excluding carboxylic acids is 2. The highest BCUT2D eigenvalue weighted by Gasteiger charge is 2.32. The highest BCUT2D eigenvalue weighted by molar-refractivity contribution is 14.1. The summed E-state index contributed by atoms with van der Waals surface area (Å²) in [6.07, 6.45) is 6.96. The van der Waals surface area contributed by atoms with Crippen LogP contribution in [0.25, 0.3) is 5.69 Å². The number of nitrogens with one attached hydrogen (secondary N) is 1. The predicted octanol–water partition coefficient (Wildman–Crippen LogP) is 1.89. The minimum Gasteiger partial charge on any atom is -0.338 e. The van der Waals surface area contributed by atoms with Crippen molar-refractivity contribution in [2.75, 3.05) is 38.0 Å². The maximum atomic E-state index is 12.9. The van der Waals surface area contributed by atoms with Crippen molar-refractivity contribution in [3.05, 3.63) is 52.1 Å². The zero-order valence-corrected chi connectivity index (χ0v) is 25.3.